The highest BCUT2D eigenvalue weighted by molar-refractivity contribution is 6.99. The molecule has 6 nitrogen and oxygen atoms in total. The third-order valence-electron chi connectivity index (χ3n) is 1.54. The van der Waals surface area contributed by atoms with E-state index in [2.05, 4.69) is 24.3 Å². The number of carbonyl (C=O) groups is 1. The Hall–Kier alpha value is -1.76. The number of hydrogen-bond donors (Lipinski definition) is 2. The topological polar surface area (TPSA) is 83.6 Å². The lowest BCUT2D eigenvalue weighted by Crippen LogP contribution is -2.12. The average molecular weight is 209 g/mol. The van der Waals surface area contributed by atoms with Gasteiger partial charge in [0.15, 0.2) is 11.5 Å². The van der Waals surface area contributed by atoms with Gasteiger partial charge in [-0.15, -0.1) is 0 Å². The molecule has 2 aromatic rings. The van der Waals surface area contributed by atoms with Crippen molar-refractivity contribution in [1.82, 2.24) is 18.9 Å². The first-order valence-electron chi connectivity index (χ1n) is 3.86. The Morgan fingerprint density at radius 2 is 2.50 bits per heavy atom. The van der Waals surface area contributed by atoms with Crippen LogP contribution < -0.4 is 5.32 Å². The van der Waals surface area contributed by atoms with E-state index in [0.717, 1.165) is 17.4 Å². The van der Waals surface area contributed by atoms with Crippen LogP contribution in [0, 0.1) is 6.92 Å². The number of aromatic amines is 1. The van der Waals surface area contributed by atoms with Crippen LogP contribution in [0.15, 0.2) is 12.3 Å². The molecule has 14 heavy (non-hydrogen) atoms. The van der Waals surface area contributed by atoms with Gasteiger partial charge in [-0.1, -0.05) is 0 Å². The third-order valence-corrected chi connectivity index (χ3v) is 2.02. The van der Waals surface area contributed by atoms with Crippen LogP contribution in [0.5, 0.6) is 0 Å². The Bertz CT molecular complexity index is 435. The van der Waals surface area contributed by atoms with E-state index in [4.69, 9.17) is 0 Å². The molecule has 0 fully saturated rings. The summed E-state index contributed by atoms with van der Waals surface area (Å²) in [5.74, 6) is 0.186. The molecule has 0 saturated carbocycles. The van der Waals surface area contributed by atoms with E-state index >= 15 is 0 Å². The fourth-order valence-electron chi connectivity index (χ4n) is 0.927. The van der Waals surface area contributed by atoms with Crippen LogP contribution in [0.25, 0.3) is 0 Å². The molecule has 0 aliphatic heterocycles. The van der Waals surface area contributed by atoms with Crippen molar-refractivity contribution >= 4 is 23.5 Å². The maximum atomic E-state index is 11.4. The number of hydrogen-bond acceptors (Lipinski definition) is 5. The first kappa shape index (κ1) is 8.82. The van der Waals surface area contributed by atoms with Crippen molar-refractivity contribution < 1.29 is 4.79 Å². The second kappa shape index (κ2) is 3.54. The molecule has 0 unspecified atom stereocenters. The molecule has 0 aliphatic rings. The smallest absolute Gasteiger partial charge is 0.278 e. The van der Waals surface area contributed by atoms with Gasteiger partial charge in [0.1, 0.15) is 0 Å². The van der Waals surface area contributed by atoms with Crippen molar-refractivity contribution in [2.75, 3.05) is 5.32 Å². The van der Waals surface area contributed by atoms with E-state index < -0.39 is 0 Å². The SMILES string of the molecule is Cc1cc(NC(=O)c2cnsn2)n[nH]1. The minimum Gasteiger partial charge on any atom is -0.304 e. The largest absolute Gasteiger partial charge is 0.304 e. The van der Waals surface area contributed by atoms with Gasteiger partial charge < -0.3 is 5.32 Å². The second-order valence-electron chi connectivity index (χ2n) is 2.68. The summed E-state index contributed by atoms with van der Waals surface area (Å²) in [7, 11) is 0. The van der Waals surface area contributed by atoms with Crippen molar-refractivity contribution in [3.05, 3.63) is 23.7 Å². The predicted octanol–water partition coefficient (Wildman–Crippen LogP) is 0.822. The summed E-state index contributed by atoms with van der Waals surface area (Å²) in [6, 6.07) is 1.73. The third kappa shape index (κ3) is 1.77. The zero-order chi connectivity index (χ0) is 9.97. The van der Waals surface area contributed by atoms with Crippen LogP contribution in [0.3, 0.4) is 0 Å². The van der Waals surface area contributed by atoms with Gasteiger partial charge in [0.2, 0.25) is 0 Å². The van der Waals surface area contributed by atoms with Gasteiger partial charge in [0.25, 0.3) is 5.91 Å². The quantitative estimate of drug-likeness (QED) is 0.767. The molecule has 1 amide bonds. The van der Waals surface area contributed by atoms with Crippen LogP contribution in [0.4, 0.5) is 5.82 Å². The van der Waals surface area contributed by atoms with Crippen LogP contribution >= 0.6 is 11.7 Å². The van der Waals surface area contributed by atoms with Gasteiger partial charge in [-0.05, 0) is 6.92 Å². The molecule has 2 heterocycles. The second-order valence-corrected chi connectivity index (χ2v) is 3.24. The summed E-state index contributed by atoms with van der Waals surface area (Å²) in [6.45, 7) is 1.85. The molecule has 0 radical (unpaired) electrons. The molecule has 0 spiro atoms. The number of amides is 1. The summed E-state index contributed by atoms with van der Waals surface area (Å²) in [5, 5.41) is 9.17. The Balaban J connectivity index is 2.09. The lowest BCUT2D eigenvalue weighted by Gasteiger charge is -1.95. The number of aromatic nitrogens is 4. The molecule has 0 saturated heterocycles. The van der Waals surface area contributed by atoms with Crippen LogP contribution in [0.2, 0.25) is 0 Å². The number of anilines is 1. The molecule has 7 heteroatoms. The van der Waals surface area contributed by atoms with Crippen molar-refractivity contribution in [1.29, 1.82) is 0 Å². The molecule has 0 atom stereocenters. The molecule has 2 N–H and O–H groups in total. The minimum atomic E-state index is -0.301. The van der Waals surface area contributed by atoms with E-state index in [1.807, 2.05) is 6.92 Å². The van der Waals surface area contributed by atoms with Crippen molar-refractivity contribution in [2.24, 2.45) is 0 Å². The highest BCUT2D eigenvalue weighted by Crippen LogP contribution is 2.05. The van der Waals surface area contributed by atoms with Crippen molar-refractivity contribution in [3.63, 3.8) is 0 Å². The first-order valence-corrected chi connectivity index (χ1v) is 4.59. The zero-order valence-corrected chi connectivity index (χ0v) is 8.13. The fourth-order valence-corrected chi connectivity index (χ4v) is 1.34. The monoisotopic (exact) mass is 209 g/mol. The van der Waals surface area contributed by atoms with Gasteiger partial charge in [0, 0.05) is 11.8 Å². The van der Waals surface area contributed by atoms with E-state index in [9.17, 15) is 4.79 Å². The summed E-state index contributed by atoms with van der Waals surface area (Å²) in [4.78, 5) is 11.4. The summed E-state index contributed by atoms with van der Waals surface area (Å²) in [6.07, 6.45) is 1.42. The average Bonchev–Trinajstić information content (AvgIpc) is 2.75. The minimum absolute atomic E-state index is 0.301. The number of nitrogens with one attached hydrogen (secondary N) is 2. The van der Waals surface area contributed by atoms with E-state index in [-0.39, 0.29) is 5.91 Å². The molecule has 72 valence electrons. The standard InChI is InChI=1S/C7H7N5OS/c1-4-2-6(11-10-4)9-7(13)5-3-8-14-12-5/h2-3H,1H3,(H2,9,10,11,13). The molecule has 2 rings (SSSR count). The zero-order valence-electron chi connectivity index (χ0n) is 7.31. The van der Waals surface area contributed by atoms with Crippen LogP contribution in [0.1, 0.15) is 16.2 Å². The van der Waals surface area contributed by atoms with Gasteiger partial charge in [-0.3, -0.25) is 9.89 Å². The lowest BCUT2D eigenvalue weighted by atomic mass is 10.4. The Morgan fingerprint density at radius 3 is 3.07 bits per heavy atom. The highest BCUT2D eigenvalue weighted by atomic mass is 32.1. The summed E-state index contributed by atoms with van der Waals surface area (Å²) < 4.78 is 7.53. The molecular weight excluding hydrogens is 202 g/mol. The number of rotatable bonds is 2. The number of aryl methyl sites for hydroxylation is 1. The molecule has 0 aliphatic carbocycles. The Kier molecular flexibility index (Phi) is 2.23. The maximum Gasteiger partial charge on any atom is 0.278 e. The van der Waals surface area contributed by atoms with Crippen molar-refractivity contribution in [3.8, 4) is 0 Å². The lowest BCUT2D eigenvalue weighted by molar-refractivity contribution is 0.102. The van der Waals surface area contributed by atoms with Crippen LogP contribution in [-0.4, -0.2) is 24.9 Å². The van der Waals surface area contributed by atoms with Crippen molar-refractivity contribution in [2.45, 2.75) is 6.92 Å². The highest BCUT2D eigenvalue weighted by Gasteiger charge is 2.09. The van der Waals surface area contributed by atoms with Gasteiger partial charge in [-0.2, -0.15) is 13.8 Å². The summed E-state index contributed by atoms with van der Waals surface area (Å²) >= 11 is 0.995. The summed E-state index contributed by atoms with van der Waals surface area (Å²) in [5.41, 5.74) is 1.19. The van der Waals surface area contributed by atoms with Gasteiger partial charge in [0.05, 0.1) is 17.9 Å². The van der Waals surface area contributed by atoms with E-state index in [1.165, 1.54) is 6.20 Å². The fraction of sp³-hybridized carbons (Fsp3) is 0.143. The first-order chi connectivity index (χ1) is 6.75. The normalized spacial score (nSPS) is 10.1. The van der Waals surface area contributed by atoms with E-state index in [1.54, 1.807) is 6.07 Å². The molecule has 2 aromatic heterocycles. The van der Waals surface area contributed by atoms with E-state index in [0.29, 0.717) is 11.5 Å². The molecular formula is C7H7N5OS. The van der Waals surface area contributed by atoms with Gasteiger partial charge in [-0.25, -0.2) is 0 Å². The van der Waals surface area contributed by atoms with Crippen LogP contribution in [-0.2, 0) is 0 Å². The molecule has 0 aromatic carbocycles. The van der Waals surface area contributed by atoms with Gasteiger partial charge >= 0.3 is 0 Å². The number of carbonyl (C=O) groups excluding carboxylic acids is 1. The number of nitrogens with zero attached hydrogens (tertiary/aromatic N) is 3. The predicted molar refractivity (Wildman–Crippen MR) is 51.2 cm³/mol. The Labute approximate surface area is 83.7 Å². The maximum absolute atomic E-state index is 11.4. The molecule has 0 bridgehead atoms. The Morgan fingerprint density at radius 1 is 1.64 bits per heavy atom. The number of H-pyrrole nitrogens is 1.